The molecule has 3 N–H and O–H groups in total. The van der Waals surface area contributed by atoms with Gasteiger partial charge in [-0.2, -0.15) is 0 Å². The molecule has 0 aliphatic heterocycles. The zero-order chi connectivity index (χ0) is 50.2. The highest BCUT2D eigenvalue weighted by atomic mass is 31.2. The zero-order valence-electron chi connectivity index (χ0n) is 44.5. The van der Waals surface area contributed by atoms with Crippen LogP contribution in [-0.4, -0.2) is 49.3 Å². The minimum absolute atomic E-state index is 0.0413. The second kappa shape index (κ2) is 54.8. The van der Waals surface area contributed by atoms with E-state index in [9.17, 15) is 19.0 Å². The van der Waals surface area contributed by atoms with Crippen LogP contribution in [0.5, 0.6) is 0 Å². The van der Waals surface area contributed by atoms with Crippen LogP contribution in [0.1, 0.15) is 258 Å². The second-order valence-electron chi connectivity index (χ2n) is 18.8. The molecule has 2 unspecified atom stereocenters. The van der Waals surface area contributed by atoms with E-state index in [2.05, 4.69) is 74.6 Å². The van der Waals surface area contributed by atoms with Gasteiger partial charge in [-0.1, -0.05) is 247 Å². The largest absolute Gasteiger partial charge is 0.472 e. The molecule has 400 valence electrons. The van der Waals surface area contributed by atoms with Gasteiger partial charge in [-0.15, -0.1) is 0 Å². The third kappa shape index (κ3) is 54.6. The quantitative estimate of drug-likeness (QED) is 0.0264. The topological polar surface area (TPSA) is 134 Å². The normalized spacial score (nSPS) is 13.6. The van der Waals surface area contributed by atoms with Crippen LogP contribution in [0.3, 0.4) is 0 Å². The minimum Gasteiger partial charge on any atom is -0.462 e. The Morgan fingerprint density at radius 3 is 1.25 bits per heavy atom. The predicted octanol–water partition coefficient (Wildman–Crippen LogP) is 17.7. The van der Waals surface area contributed by atoms with Crippen molar-refractivity contribution in [2.24, 2.45) is 5.73 Å². The van der Waals surface area contributed by atoms with Crippen molar-refractivity contribution in [1.29, 1.82) is 0 Å². The Bertz CT molecular complexity index is 1360. The van der Waals surface area contributed by atoms with Gasteiger partial charge in [0.2, 0.25) is 0 Å². The Kier molecular flexibility index (Phi) is 52.8. The zero-order valence-corrected chi connectivity index (χ0v) is 45.4. The van der Waals surface area contributed by atoms with Gasteiger partial charge in [-0.05, 0) is 70.6 Å². The number of phosphoric ester groups is 1. The van der Waals surface area contributed by atoms with Crippen molar-refractivity contribution >= 4 is 19.8 Å². The molecule has 0 amide bonds. The summed E-state index contributed by atoms with van der Waals surface area (Å²) < 4.78 is 32.8. The van der Waals surface area contributed by atoms with E-state index in [-0.39, 0.29) is 32.6 Å². The van der Waals surface area contributed by atoms with Gasteiger partial charge in [0.05, 0.1) is 13.2 Å². The molecule has 0 aliphatic rings. The number of rotatable bonds is 53. The predicted molar refractivity (Wildman–Crippen MR) is 293 cm³/mol. The summed E-state index contributed by atoms with van der Waals surface area (Å²) >= 11 is 0. The number of allylic oxidation sites excluding steroid dienone is 12. The van der Waals surface area contributed by atoms with Crippen molar-refractivity contribution in [3.05, 3.63) is 72.9 Å². The molecule has 0 bridgehead atoms. The molecule has 0 aromatic heterocycles. The molecule has 0 spiro atoms. The fraction of sp³-hybridized carbons (Fsp3) is 0.763. The first-order valence-electron chi connectivity index (χ1n) is 28.4. The Labute approximate surface area is 424 Å². The standard InChI is InChI=1S/C59H106NO8P/c1-3-5-7-9-11-13-15-17-18-19-20-21-22-23-24-25-26-27-28-29-30-31-32-33-34-35-36-37-38-40-41-43-45-47-49-51-58(61)65-55-57(56-67-69(63,64)66-54-53-60)68-59(62)52-50-48-46-44-42-39-16-14-12-10-8-6-4-2/h6,8,12,14-15,17,19-20,39,42,46,48,57H,3-5,7,9-11,13,16,18,21-38,40-41,43-45,47,49-56,60H2,1-2H3,(H,63,64)/b8-6-,14-12-,17-15-,20-19-,42-39-,48-46-. The Balaban J connectivity index is 3.82. The lowest BCUT2D eigenvalue weighted by Gasteiger charge is -2.19. The maximum Gasteiger partial charge on any atom is 0.472 e. The third-order valence-corrected chi connectivity index (χ3v) is 13.1. The SMILES string of the molecule is CC/C=C\C/C=C\C/C=C\C/C=C\CCC(=O)OC(COC(=O)CCCCCCCCCCCCCCCCCCCCCCCCC/C=C\C/C=C\CCCCCCC)COP(=O)(O)OCCN. The summed E-state index contributed by atoms with van der Waals surface area (Å²) in [4.78, 5) is 35.0. The highest BCUT2D eigenvalue weighted by Gasteiger charge is 2.26. The molecule has 0 radical (unpaired) electrons. The number of phosphoric acid groups is 1. The summed E-state index contributed by atoms with van der Waals surface area (Å²) in [7, 11) is -4.40. The van der Waals surface area contributed by atoms with Gasteiger partial charge in [-0.25, -0.2) is 4.57 Å². The highest BCUT2D eigenvalue weighted by molar-refractivity contribution is 7.47. The minimum atomic E-state index is -4.40. The van der Waals surface area contributed by atoms with Gasteiger partial charge in [0.15, 0.2) is 6.10 Å². The van der Waals surface area contributed by atoms with Crippen LogP contribution >= 0.6 is 7.82 Å². The van der Waals surface area contributed by atoms with E-state index < -0.39 is 32.5 Å². The first kappa shape index (κ1) is 66.5. The summed E-state index contributed by atoms with van der Waals surface area (Å²) in [5.41, 5.74) is 5.36. The van der Waals surface area contributed by atoms with Crippen LogP contribution in [0.4, 0.5) is 0 Å². The molecular formula is C59H106NO8P. The van der Waals surface area contributed by atoms with Gasteiger partial charge in [-0.3, -0.25) is 18.6 Å². The van der Waals surface area contributed by atoms with E-state index in [0.717, 1.165) is 51.4 Å². The van der Waals surface area contributed by atoms with Gasteiger partial charge in [0.25, 0.3) is 0 Å². The number of nitrogens with two attached hydrogens (primary N) is 1. The molecule has 0 fully saturated rings. The molecule has 10 heteroatoms. The van der Waals surface area contributed by atoms with E-state index >= 15 is 0 Å². The van der Waals surface area contributed by atoms with Crippen molar-refractivity contribution in [2.45, 2.75) is 264 Å². The van der Waals surface area contributed by atoms with Crippen LogP contribution in [0, 0.1) is 0 Å². The van der Waals surface area contributed by atoms with Crippen LogP contribution in [0.15, 0.2) is 72.9 Å². The molecule has 9 nitrogen and oxygen atoms in total. The first-order valence-corrected chi connectivity index (χ1v) is 29.9. The van der Waals surface area contributed by atoms with Crippen LogP contribution in [0.25, 0.3) is 0 Å². The summed E-state index contributed by atoms with van der Waals surface area (Å²) in [6.07, 6.45) is 70.1. The number of carbonyl (C=O) groups excluding carboxylic acids is 2. The van der Waals surface area contributed by atoms with E-state index in [1.165, 1.54) is 173 Å². The lowest BCUT2D eigenvalue weighted by Crippen LogP contribution is -2.29. The Morgan fingerprint density at radius 2 is 0.826 bits per heavy atom. The van der Waals surface area contributed by atoms with E-state index in [1.807, 2.05) is 12.2 Å². The maximum absolute atomic E-state index is 12.6. The van der Waals surface area contributed by atoms with Crippen molar-refractivity contribution < 1.29 is 37.6 Å². The van der Waals surface area contributed by atoms with Crippen molar-refractivity contribution in [2.75, 3.05) is 26.4 Å². The number of hydrogen-bond donors (Lipinski definition) is 2. The molecule has 2 atom stereocenters. The fourth-order valence-corrected chi connectivity index (χ4v) is 8.68. The molecular weight excluding hydrogens is 882 g/mol. The average Bonchev–Trinajstić information content (AvgIpc) is 3.34. The van der Waals surface area contributed by atoms with Crippen LogP contribution in [0.2, 0.25) is 0 Å². The summed E-state index contributed by atoms with van der Waals surface area (Å²) in [6, 6.07) is 0. The van der Waals surface area contributed by atoms with E-state index in [4.69, 9.17) is 24.3 Å². The number of esters is 2. The van der Waals surface area contributed by atoms with Crippen LogP contribution < -0.4 is 5.73 Å². The lowest BCUT2D eigenvalue weighted by molar-refractivity contribution is -0.161. The number of hydrogen-bond acceptors (Lipinski definition) is 8. The smallest absolute Gasteiger partial charge is 0.462 e. The monoisotopic (exact) mass is 988 g/mol. The fourth-order valence-electron chi connectivity index (χ4n) is 7.92. The Morgan fingerprint density at radius 1 is 0.449 bits per heavy atom. The first-order chi connectivity index (χ1) is 33.8. The average molecular weight is 988 g/mol. The summed E-state index contributed by atoms with van der Waals surface area (Å²) in [5.74, 6) is -0.918. The summed E-state index contributed by atoms with van der Waals surface area (Å²) in [5, 5.41) is 0. The van der Waals surface area contributed by atoms with E-state index in [1.54, 1.807) is 0 Å². The van der Waals surface area contributed by atoms with Gasteiger partial charge in [0, 0.05) is 19.4 Å². The molecule has 0 saturated heterocycles. The maximum atomic E-state index is 12.6. The molecule has 0 saturated carbocycles. The van der Waals surface area contributed by atoms with Crippen molar-refractivity contribution in [3.63, 3.8) is 0 Å². The lowest BCUT2D eigenvalue weighted by atomic mass is 10.0. The number of unbranched alkanes of at least 4 members (excludes halogenated alkanes) is 28. The van der Waals surface area contributed by atoms with Gasteiger partial charge in [0.1, 0.15) is 6.61 Å². The number of ether oxygens (including phenoxy) is 2. The number of carbonyl (C=O) groups is 2. The third-order valence-electron chi connectivity index (χ3n) is 12.1. The molecule has 0 aromatic carbocycles. The molecule has 0 aromatic rings. The molecule has 0 heterocycles. The molecule has 0 rings (SSSR count). The molecule has 69 heavy (non-hydrogen) atoms. The van der Waals surface area contributed by atoms with Gasteiger partial charge < -0.3 is 20.1 Å². The summed E-state index contributed by atoms with van der Waals surface area (Å²) in [6.45, 7) is 3.54. The highest BCUT2D eigenvalue weighted by Crippen LogP contribution is 2.43. The molecule has 0 aliphatic carbocycles. The van der Waals surface area contributed by atoms with Gasteiger partial charge >= 0.3 is 19.8 Å². The Hall–Kier alpha value is -2.55. The van der Waals surface area contributed by atoms with E-state index in [0.29, 0.717) is 6.42 Å². The second-order valence-corrected chi connectivity index (χ2v) is 20.2. The van der Waals surface area contributed by atoms with Crippen molar-refractivity contribution in [3.8, 4) is 0 Å². The van der Waals surface area contributed by atoms with Crippen LogP contribution in [-0.2, 0) is 32.7 Å². The van der Waals surface area contributed by atoms with Crippen molar-refractivity contribution in [1.82, 2.24) is 0 Å².